The molecule has 0 aromatic heterocycles. The minimum Gasteiger partial charge on any atom is -0.508 e. The van der Waals surface area contributed by atoms with Gasteiger partial charge < -0.3 is 30.0 Å². The molecule has 144 valence electrons. The Hall–Kier alpha value is -3.42. The van der Waals surface area contributed by atoms with Gasteiger partial charge in [0.1, 0.15) is 5.75 Å². The number of benzene rings is 2. The van der Waals surface area contributed by atoms with Crippen LogP contribution in [0.4, 0.5) is 0 Å². The topological polar surface area (TPSA) is 111 Å². The molecular weight excluding hydrogens is 352 g/mol. The number of methoxy groups -OCH3 is 2. The fourth-order valence-corrected chi connectivity index (χ4v) is 2.48. The summed E-state index contributed by atoms with van der Waals surface area (Å²) in [5.41, 5.74) is 6.02. The maximum Gasteiger partial charge on any atom is 0.255 e. The Morgan fingerprint density at radius 2 is 1.70 bits per heavy atom. The number of phenolic OH excluding ortho intramolecular Hbond substituents is 1. The molecule has 2 aromatic rings. The standard InChI is InChI=1S/C19H22N2O6/c1-21(10-12-6-4-5-7-14(12)22)19(24)13-8-15(25-2)18(16(9-13)26-3)27-11-17(20)23/h4-9,22H,10-11H2,1-3H3,(H2,20,23). The number of ether oxygens (including phenoxy) is 3. The molecule has 0 heterocycles. The largest absolute Gasteiger partial charge is 0.508 e. The minimum atomic E-state index is -0.651. The molecule has 0 aliphatic rings. The van der Waals surface area contributed by atoms with Crippen LogP contribution in [0.15, 0.2) is 36.4 Å². The number of phenols is 1. The Kier molecular flexibility index (Phi) is 6.48. The first kappa shape index (κ1) is 19.9. The van der Waals surface area contributed by atoms with Gasteiger partial charge in [0.15, 0.2) is 18.1 Å². The van der Waals surface area contributed by atoms with Crippen molar-refractivity contribution in [1.82, 2.24) is 4.90 Å². The van der Waals surface area contributed by atoms with Crippen molar-refractivity contribution in [3.8, 4) is 23.0 Å². The van der Waals surface area contributed by atoms with Gasteiger partial charge in [-0.25, -0.2) is 0 Å². The lowest BCUT2D eigenvalue weighted by Crippen LogP contribution is -2.26. The van der Waals surface area contributed by atoms with Gasteiger partial charge in [-0.05, 0) is 18.2 Å². The fourth-order valence-electron chi connectivity index (χ4n) is 2.48. The van der Waals surface area contributed by atoms with Gasteiger partial charge in [0.25, 0.3) is 11.8 Å². The summed E-state index contributed by atoms with van der Waals surface area (Å²) >= 11 is 0. The van der Waals surface area contributed by atoms with Gasteiger partial charge in [-0.2, -0.15) is 0 Å². The van der Waals surface area contributed by atoms with Crippen molar-refractivity contribution in [2.45, 2.75) is 6.54 Å². The number of rotatable bonds is 8. The number of nitrogens with two attached hydrogens (primary N) is 1. The van der Waals surface area contributed by atoms with Crippen molar-refractivity contribution in [2.75, 3.05) is 27.9 Å². The summed E-state index contributed by atoms with van der Waals surface area (Å²) in [6.45, 7) is -0.136. The zero-order valence-electron chi connectivity index (χ0n) is 15.4. The molecule has 27 heavy (non-hydrogen) atoms. The van der Waals surface area contributed by atoms with Crippen LogP contribution < -0.4 is 19.9 Å². The third kappa shape index (κ3) is 4.81. The van der Waals surface area contributed by atoms with Crippen LogP contribution >= 0.6 is 0 Å². The van der Waals surface area contributed by atoms with Gasteiger partial charge in [0, 0.05) is 24.7 Å². The second-order valence-electron chi connectivity index (χ2n) is 5.75. The van der Waals surface area contributed by atoms with Crippen LogP contribution in [-0.2, 0) is 11.3 Å². The maximum absolute atomic E-state index is 12.8. The Morgan fingerprint density at radius 1 is 1.11 bits per heavy atom. The summed E-state index contributed by atoms with van der Waals surface area (Å²) in [7, 11) is 4.43. The van der Waals surface area contributed by atoms with Gasteiger partial charge in [-0.3, -0.25) is 9.59 Å². The number of aromatic hydroxyl groups is 1. The molecule has 0 saturated heterocycles. The summed E-state index contributed by atoms with van der Waals surface area (Å²) in [4.78, 5) is 25.2. The summed E-state index contributed by atoms with van der Waals surface area (Å²) in [6.07, 6.45) is 0. The molecule has 0 radical (unpaired) electrons. The molecule has 8 heteroatoms. The zero-order chi connectivity index (χ0) is 20.0. The minimum absolute atomic E-state index is 0.113. The fraction of sp³-hybridized carbons (Fsp3) is 0.263. The second-order valence-corrected chi connectivity index (χ2v) is 5.75. The summed E-state index contributed by atoms with van der Waals surface area (Å²) in [5, 5.41) is 9.88. The Labute approximate surface area is 157 Å². The zero-order valence-corrected chi connectivity index (χ0v) is 15.4. The molecule has 0 saturated carbocycles. The van der Waals surface area contributed by atoms with Gasteiger partial charge >= 0.3 is 0 Å². The van der Waals surface area contributed by atoms with Crippen LogP contribution in [0, 0.1) is 0 Å². The molecule has 0 fully saturated rings. The van der Waals surface area contributed by atoms with Gasteiger partial charge in [0.05, 0.1) is 14.2 Å². The van der Waals surface area contributed by atoms with E-state index in [2.05, 4.69) is 0 Å². The van der Waals surface area contributed by atoms with E-state index in [9.17, 15) is 14.7 Å². The lowest BCUT2D eigenvalue weighted by atomic mass is 10.1. The number of para-hydroxylation sites is 1. The number of hydrogen-bond donors (Lipinski definition) is 2. The van der Waals surface area contributed by atoms with Crippen molar-refractivity contribution in [3.05, 3.63) is 47.5 Å². The molecule has 0 aliphatic heterocycles. The van der Waals surface area contributed by atoms with E-state index in [1.165, 1.54) is 31.3 Å². The predicted octanol–water partition coefficient (Wildman–Crippen LogP) is 1.55. The molecule has 0 spiro atoms. The summed E-state index contributed by atoms with van der Waals surface area (Å²) in [6, 6.07) is 9.77. The molecule has 2 amide bonds. The Balaban J connectivity index is 2.29. The highest BCUT2D eigenvalue weighted by molar-refractivity contribution is 5.95. The molecule has 3 N–H and O–H groups in total. The van der Waals surface area contributed by atoms with E-state index in [1.54, 1.807) is 31.3 Å². The van der Waals surface area contributed by atoms with Crippen LogP contribution in [0.1, 0.15) is 15.9 Å². The molecule has 8 nitrogen and oxygen atoms in total. The summed E-state index contributed by atoms with van der Waals surface area (Å²) < 4.78 is 15.9. The Morgan fingerprint density at radius 3 is 2.22 bits per heavy atom. The van der Waals surface area contributed by atoms with Gasteiger partial charge in [-0.1, -0.05) is 18.2 Å². The highest BCUT2D eigenvalue weighted by Gasteiger charge is 2.21. The average molecular weight is 374 g/mol. The van der Waals surface area contributed by atoms with E-state index in [0.717, 1.165) is 0 Å². The van der Waals surface area contributed by atoms with E-state index in [4.69, 9.17) is 19.9 Å². The molecule has 0 atom stereocenters. The molecule has 0 bridgehead atoms. The molecule has 0 aliphatic carbocycles. The molecule has 2 rings (SSSR count). The first-order valence-electron chi connectivity index (χ1n) is 8.06. The number of nitrogens with zero attached hydrogens (tertiary/aromatic N) is 1. The van der Waals surface area contributed by atoms with Crippen LogP contribution in [0.25, 0.3) is 0 Å². The van der Waals surface area contributed by atoms with E-state index in [1.807, 2.05) is 0 Å². The maximum atomic E-state index is 12.8. The number of primary amides is 1. The molecule has 2 aromatic carbocycles. The number of carbonyl (C=O) groups excluding carboxylic acids is 2. The first-order valence-corrected chi connectivity index (χ1v) is 8.06. The number of carbonyl (C=O) groups is 2. The van der Waals surface area contributed by atoms with E-state index < -0.39 is 5.91 Å². The predicted molar refractivity (Wildman–Crippen MR) is 98.1 cm³/mol. The highest BCUT2D eigenvalue weighted by Crippen LogP contribution is 2.39. The summed E-state index contributed by atoms with van der Waals surface area (Å²) in [5.74, 6) is -0.205. The normalized spacial score (nSPS) is 10.2. The monoisotopic (exact) mass is 374 g/mol. The third-order valence-corrected chi connectivity index (χ3v) is 3.81. The highest BCUT2D eigenvalue weighted by atomic mass is 16.5. The number of hydrogen-bond acceptors (Lipinski definition) is 6. The van der Waals surface area contributed by atoms with Crippen molar-refractivity contribution < 1.29 is 28.9 Å². The lowest BCUT2D eigenvalue weighted by molar-refractivity contribution is -0.120. The van der Waals surface area contributed by atoms with E-state index in [-0.39, 0.29) is 42.1 Å². The molecular formula is C19H22N2O6. The lowest BCUT2D eigenvalue weighted by Gasteiger charge is -2.20. The Bertz CT molecular complexity index is 812. The SMILES string of the molecule is COc1cc(C(=O)N(C)Cc2ccccc2O)cc(OC)c1OCC(N)=O. The quantitative estimate of drug-likeness (QED) is 0.725. The van der Waals surface area contributed by atoms with Crippen LogP contribution in [-0.4, -0.2) is 49.7 Å². The van der Waals surface area contributed by atoms with Crippen LogP contribution in [0.5, 0.6) is 23.0 Å². The van der Waals surface area contributed by atoms with Crippen molar-refractivity contribution in [1.29, 1.82) is 0 Å². The van der Waals surface area contributed by atoms with Crippen molar-refractivity contribution in [3.63, 3.8) is 0 Å². The van der Waals surface area contributed by atoms with E-state index >= 15 is 0 Å². The van der Waals surface area contributed by atoms with Crippen LogP contribution in [0.2, 0.25) is 0 Å². The van der Waals surface area contributed by atoms with Crippen molar-refractivity contribution >= 4 is 11.8 Å². The smallest absolute Gasteiger partial charge is 0.255 e. The first-order chi connectivity index (χ1) is 12.9. The average Bonchev–Trinajstić information content (AvgIpc) is 2.66. The second kappa shape index (κ2) is 8.79. The third-order valence-electron chi connectivity index (χ3n) is 3.81. The molecule has 0 unspecified atom stereocenters. The van der Waals surface area contributed by atoms with Gasteiger partial charge in [0.2, 0.25) is 5.75 Å². The van der Waals surface area contributed by atoms with E-state index in [0.29, 0.717) is 11.1 Å². The van der Waals surface area contributed by atoms with Gasteiger partial charge in [-0.15, -0.1) is 0 Å². The number of amides is 2. The van der Waals surface area contributed by atoms with Crippen LogP contribution in [0.3, 0.4) is 0 Å². The van der Waals surface area contributed by atoms with Crippen molar-refractivity contribution in [2.24, 2.45) is 5.73 Å².